The van der Waals surface area contributed by atoms with Crippen LogP contribution >= 0.6 is 0 Å². The molecular weight excluding hydrogens is 334 g/mol. The molecule has 3 rings (SSSR count). The average Bonchev–Trinajstić information content (AvgIpc) is 3.04. The number of carbonyl (C=O) groups is 2. The summed E-state index contributed by atoms with van der Waals surface area (Å²) in [6.07, 6.45) is 4.44. The van der Waals surface area contributed by atoms with Gasteiger partial charge in [0, 0.05) is 18.9 Å². The first kappa shape index (κ1) is 17.2. The Kier molecular flexibility index (Phi) is 4.93. The fourth-order valence-corrected chi connectivity index (χ4v) is 2.50. The van der Waals surface area contributed by atoms with Gasteiger partial charge in [-0.3, -0.25) is 14.6 Å². The molecule has 3 N–H and O–H groups in total. The highest BCUT2D eigenvalue weighted by Gasteiger charge is 2.19. The van der Waals surface area contributed by atoms with Gasteiger partial charge in [0.15, 0.2) is 11.5 Å². The van der Waals surface area contributed by atoms with Crippen LogP contribution in [0.25, 0.3) is 0 Å². The van der Waals surface area contributed by atoms with Crippen molar-refractivity contribution < 1.29 is 14.3 Å². The quantitative estimate of drug-likeness (QED) is 0.702. The number of pyridine rings is 1. The molecule has 0 aliphatic carbocycles. The molecular formula is C18H17N5O3. The van der Waals surface area contributed by atoms with Crippen molar-refractivity contribution in [3.63, 3.8) is 0 Å². The minimum absolute atomic E-state index is 0.106. The molecule has 0 saturated heterocycles. The first-order chi connectivity index (χ1) is 12.6. The second-order valence-electron chi connectivity index (χ2n) is 5.48. The van der Waals surface area contributed by atoms with Gasteiger partial charge in [-0.2, -0.15) is 0 Å². The third-order valence-electron chi connectivity index (χ3n) is 3.71. The maximum atomic E-state index is 12.3. The number of methoxy groups -OCH3 is 1. The van der Waals surface area contributed by atoms with Crippen molar-refractivity contribution >= 4 is 17.6 Å². The molecule has 0 fully saturated rings. The third-order valence-corrected chi connectivity index (χ3v) is 3.71. The van der Waals surface area contributed by atoms with E-state index in [4.69, 9.17) is 10.5 Å². The summed E-state index contributed by atoms with van der Waals surface area (Å²) in [6, 6.07) is 10.7. The number of hydrogen-bond acceptors (Lipinski definition) is 5. The molecule has 1 aromatic carbocycles. The minimum atomic E-state index is -0.688. The molecule has 2 aromatic heterocycles. The van der Waals surface area contributed by atoms with Crippen LogP contribution in [-0.2, 0) is 6.54 Å². The summed E-state index contributed by atoms with van der Waals surface area (Å²) in [5, 5.41) is 2.60. The van der Waals surface area contributed by atoms with Crippen LogP contribution in [-0.4, -0.2) is 33.5 Å². The summed E-state index contributed by atoms with van der Waals surface area (Å²) in [6.45, 7) is 0.352. The molecule has 132 valence electrons. The summed E-state index contributed by atoms with van der Waals surface area (Å²) in [4.78, 5) is 32.2. The number of benzene rings is 1. The van der Waals surface area contributed by atoms with E-state index in [1.165, 1.54) is 12.5 Å². The molecule has 26 heavy (non-hydrogen) atoms. The number of nitrogens with zero attached hydrogens (tertiary/aromatic N) is 3. The Bertz CT molecular complexity index is 937. The van der Waals surface area contributed by atoms with Crippen molar-refractivity contribution in [2.75, 3.05) is 12.4 Å². The number of nitrogens with two attached hydrogens (primary N) is 1. The number of aromatic nitrogens is 3. The van der Waals surface area contributed by atoms with Crippen molar-refractivity contribution in [3.8, 4) is 5.75 Å². The van der Waals surface area contributed by atoms with Gasteiger partial charge >= 0.3 is 0 Å². The fraction of sp³-hybridized carbons (Fsp3) is 0.111. The van der Waals surface area contributed by atoms with Crippen LogP contribution in [0.3, 0.4) is 0 Å². The Balaban J connectivity index is 1.86. The SMILES string of the molecule is COc1cccc(Cn2cnc(NC(=O)c3cccnc3)c2C(N)=O)c1. The predicted molar refractivity (Wildman–Crippen MR) is 95.0 cm³/mol. The number of imidazole rings is 1. The summed E-state index contributed by atoms with van der Waals surface area (Å²) < 4.78 is 6.78. The van der Waals surface area contributed by atoms with E-state index in [-0.39, 0.29) is 11.5 Å². The van der Waals surface area contributed by atoms with E-state index in [1.54, 1.807) is 30.0 Å². The van der Waals surface area contributed by atoms with Crippen LogP contribution in [0.4, 0.5) is 5.82 Å². The van der Waals surface area contributed by atoms with Crippen LogP contribution in [0.5, 0.6) is 5.75 Å². The van der Waals surface area contributed by atoms with E-state index in [2.05, 4.69) is 15.3 Å². The maximum Gasteiger partial charge on any atom is 0.269 e. The largest absolute Gasteiger partial charge is 0.497 e. The molecule has 2 heterocycles. The van der Waals surface area contributed by atoms with E-state index in [9.17, 15) is 9.59 Å². The zero-order valence-electron chi connectivity index (χ0n) is 14.0. The predicted octanol–water partition coefficient (Wildman–Crippen LogP) is 1.69. The normalized spacial score (nSPS) is 10.3. The molecule has 0 atom stereocenters. The summed E-state index contributed by atoms with van der Waals surface area (Å²) in [5.41, 5.74) is 6.86. The lowest BCUT2D eigenvalue weighted by Crippen LogP contribution is -2.21. The van der Waals surface area contributed by atoms with Crippen molar-refractivity contribution in [1.29, 1.82) is 0 Å². The lowest BCUT2D eigenvalue weighted by molar-refractivity contribution is 0.0993. The van der Waals surface area contributed by atoms with Crippen LogP contribution in [0, 0.1) is 0 Å². The zero-order valence-corrected chi connectivity index (χ0v) is 14.0. The molecule has 0 saturated carbocycles. The van der Waals surface area contributed by atoms with E-state index >= 15 is 0 Å². The Morgan fingerprint density at radius 2 is 2.12 bits per heavy atom. The highest BCUT2D eigenvalue weighted by atomic mass is 16.5. The van der Waals surface area contributed by atoms with Crippen LogP contribution in [0.1, 0.15) is 26.4 Å². The molecule has 3 aromatic rings. The molecule has 8 heteroatoms. The maximum absolute atomic E-state index is 12.3. The summed E-state index contributed by atoms with van der Waals surface area (Å²) in [5.74, 6) is -0.304. The van der Waals surface area contributed by atoms with Gasteiger partial charge < -0.3 is 20.4 Å². The second kappa shape index (κ2) is 7.47. The topological polar surface area (TPSA) is 112 Å². The highest BCUT2D eigenvalue weighted by Crippen LogP contribution is 2.18. The van der Waals surface area contributed by atoms with Gasteiger partial charge in [-0.1, -0.05) is 12.1 Å². The van der Waals surface area contributed by atoms with Gasteiger partial charge in [0.05, 0.1) is 19.0 Å². The average molecular weight is 351 g/mol. The van der Waals surface area contributed by atoms with Gasteiger partial charge in [-0.15, -0.1) is 0 Å². The Morgan fingerprint density at radius 1 is 1.27 bits per heavy atom. The molecule has 0 unspecified atom stereocenters. The van der Waals surface area contributed by atoms with Gasteiger partial charge in [0.2, 0.25) is 0 Å². The van der Waals surface area contributed by atoms with Gasteiger partial charge in [-0.25, -0.2) is 4.98 Å². The van der Waals surface area contributed by atoms with Crippen molar-refractivity contribution in [2.45, 2.75) is 6.54 Å². The molecule has 2 amide bonds. The fourth-order valence-electron chi connectivity index (χ4n) is 2.50. The van der Waals surface area contributed by atoms with Crippen LogP contribution in [0.2, 0.25) is 0 Å². The van der Waals surface area contributed by atoms with Crippen LogP contribution in [0.15, 0.2) is 55.1 Å². The number of amides is 2. The van der Waals surface area contributed by atoms with E-state index in [0.29, 0.717) is 17.9 Å². The minimum Gasteiger partial charge on any atom is -0.497 e. The smallest absolute Gasteiger partial charge is 0.269 e. The number of anilines is 1. The first-order valence-electron chi connectivity index (χ1n) is 7.77. The molecule has 0 aliphatic rings. The molecule has 8 nitrogen and oxygen atoms in total. The monoisotopic (exact) mass is 351 g/mol. The second-order valence-corrected chi connectivity index (χ2v) is 5.48. The molecule has 0 bridgehead atoms. The number of rotatable bonds is 6. The number of hydrogen-bond donors (Lipinski definition) is 2. The highest BCUT2D eigenvalue weighted by molar-refractivity contribution is 6.07. The Morgan fingerprint density at radius 3 is 2.81 bits per heavy atom. The van der Waals surface area contributed by atoms with E-state index in [0.717, 1.165) is 5.56 Å². The van der Waals surface area contributed by atoms with E-state index < -0.39 is 11.8 Å². The number of primary amides is 1. The standard InChI is InChI=1S/C18H17N5O3/c1-26-14-6-2-4-12(8-14)10-23-11-21-17(15(23)16(19)24)22-18(25)13-5-3-7-20-9-13/h2-9,11H,10H2,1H3,(H2,19,24)(H,22,25). The van der Waals surface area contributed by atoms with E-state index in [1.807, 2.05) is 24.3 Å². The van der Waals surface area contributed by atoms with Crippen molar-refractivity contribution in [2.24, 2.45) is 5.73 Å². The van der Waals surface area contributed by atoms with Crippen molar-refractivity contribution in [1.82, 2.24) is 14.5 Å². The molecule has 0 radical (unpaired) electrons. The third kappa shape index (κ3) is 3.69. The lowest BCUT2D eigenvalue weighted by atomic mass is 10.2. The van der Waals surface area contributed by atoms with Crippen LogP contribution < -0.4 is 15.8 Å². The zero-order chi connectivity index (χ0) is 18.5. The first-order valence-corrected chi connectivity index (χ1v) is 7.77. The molecule has 0 spiro atoms. The Hall–Kier alpha value is -3.68. The van der Waals surface area contributed by atoms with Gasteiger partial charge in [-0.05, 0) is 29.8 Å². The lowest BCUT2D eigenvalue weighted by Gasteiger charge is -2.09. The van der Waals surface area contributed by atoms with Gasteiger partial charge in [0.1, 0.15) is 5.75 Å². The number of carbonyl (C=O) groups excluding carboxylic acids is 2. The van der Waals surface area contributed by atoms with Crippen molar-refractivity contribution in [3.05, 3.63) is 71.9 Å². The number of nitrogens with one attached hydrogen (secondary N) is 1. The summed E-state index contributed by atoms with van der Waals surface area (Å²) >= 11 is 0. The summed E-state index contributed by atoms with van der Waals surface area (Å²) in [7, 11) is 1.58. The Labute approximate surface area is 149 Å². The number of ether oxygens (including phenoxy) is 1. The molecule has 0 aliphatic heterocycles. The van der Waals surface area contributed by atoms with Gasteiger partial charge in [0.25, 0.3) is 11.8 Å².